The summed E-state index contributed by atoms with van der Waals surface area (Å²) in [6.07, 6.45) is 0.995. The maximum atomic E-state index is 12.3. The topological polar surface area (TPSA) is 153 Å². The van der Waals surface area contributed by atoms with Gasteiger partial charge in [0, 0.05) is 0 Å². The van der Waals surface area contributed by atoms with Gasteiger partial charge in [0.05, 0.1) is 4.90 Å². The normalized spacial score (nSPS) is 11.5. The molecule has 0 unspecified atom stereocenters. The van der Waals surface area contributed by atoms with Gasteiger partial charge in [0.15, 0.2) is 11.2 Å². The average Bonchev–Trinajstić information content (AvgIpc) is 2.91. The summed E-state index contributed by atoms with van der Waals surface area (Å²) in [6.45, 7) is 1.60. The molecule has 0 bridgehead atoms. The molecule has 0 aliphatic rings. The molecule has 0 spiro atoms. The van der Waals surface area contributed by atoms with E-state index in [1.165, 1.54) is 6.07 Å². The molecule has 11 heteroatoms. The first kappa shape index (κ1) is 15.7. The van der Waals surface area contributed by atoms with Gasteiger partial charge in [-0.15, -0.1) is 0 Å². The second-order valence-electron chi connectivity index (χ2n) is 4.91. The Hall–Kier alpha value is -3.21. The molecule has 0 aliphatic carbocycles. The smallest absolute Gasteiger partial charge is 0.342 e. The van der Waals surface area contributed by atoms with Crippen LogP contribution in [0.15, 0.2) is 40.3 Å². The summed E-state index contributed by atoms with van der Waals surface area (Å²) in [5.41, 5.74) is 5.00. The minimum absolute atomic E-state index is 0.0342. The highest BCUT2D eigenvalue weighted by atomic mass is 32.2. The number of aromatic nitrogens is 4. The highest BCUT2D eigenvalue weighted by Crippen LogP contribution is 2.14. The van der Waals surface area contributed by atoms with E-state index in [9.17, 15) is 18.0 Å². The molecular weight excluding hydrogens is 336 g/mol. The molecule has 0 saturated carbocycles. The monoisotopic (exact) mass is 348 g/mol. The minimum Gasteiger partial charge on any atom is -0.369 e. The highest BCUT2D eigenvalue weighted by molar-refractivity contribution is 7.90. The third kappa shape index (κ3) is 2.60. The van der Waals surface area contributed by atoms with E-state index in [2.05, 4.69) is 15.0 Å². The molecule has 24 heavy (non-hydrogen) atoms. The third-order valence-electron chi connectivity index (χ3n) is 3.25. The van der Waals surface area contributed by atoms with Crippen molar-refractivity contribution in [2.24, 2.45) is 0 Å². The quantitative estimate of drug-likeness (QED) is 0.587. The molecule has 0 atom stereocenters. The van der Waals surface area contributed by atoms with Crippen molar-refractivity contribution in [3.8, 4) is 0 Å². The molecule has 3 aromatic rings. The number of carbonyl (C=O) groups excluding carboxylic acids is 1. The molecule has 1 amide bonds. The number of nitrogen functional groups attached to an aromatic ring is 1. The molecule has 2 aromatic heterocycles. The number of imidazole rings is 1. The van der Waals surface area contributed by atoms with Crippen molar-refractivity contribution < 1.29 is 13.2 Å². The van der Waals surface area contributed by atoms with Crippen LogP contribution in [-0.2, 0) is 10.0 Å². The summed E-state index contributed by atoms with van der Waals surface area (Å²) in [6, 6.07) is 5.17. The van der Waals surface area contributed by atoms with Gasteiger partial charge in [0.1, 0.15) is 6.33 Å². The van der Waals surface area contributed by atoms with Crippen LogP contribution in [0.25, 0.3) is 11.2 Å². The summed E-state index contributed by atoms with van der Waals surface area (Å²) in [5.74, 6) is -0.219. The Bertz CT molecular complexity index is 1110. The summed E-state index contributed by atoms with van der Waals surface area (Å²) < 4.78 is 27.4. The van der Waals surface area contributed by atoms with Crippen LogP contribution in [0, 0.1) is 6.92 Å². The number of amides is 1. The molecular formula is C13H12N6O4S. The number of fused-ring (bicyclic) bond motifs is 1. The van der Waals surface area contributed by atoms with Crippen LogP contribution in [0.2, 0.25) is 0 Å². The second kappa shape index (κ2) is 5.45. The standard InChI is InChI=1S/C13H12N6O4S/c1-7-4-2-3-5-8(7)24(22,23)18-13(21)19-6-15-9-10(19)16-12(14)17-11(9)20/h2-6H,1H3,(H,18,21)(H3,14,16,17,20). The van der Waals surface area contributed by atoms with Crippen LogP contribution >= 0.6 is 0 Å². The van der Waals surface area contributed by atoms with E-state index in [1.807, 2.05) is 4.72 Å². The SMILES string of the molecule is Cc1ccccc1S(=O)(=O)NC(=O)n1cnc2c(=O)[nH]c(N)nc21. The largest absolute Gasteiger partial charge is 0.369 e. The van der Waals surface area contributed by atoms with Crippen LogP contribution in [-0.4, -0.2) is 34.0 Å². The van der Waals surface area contributed by atoms with Crippen molar-refractivity contribution >= 4 is 33.2 Å². The van der Waals surface area contributed by atoms with E-state index >= 15 is 0 Å². The molecule has 4 N–H and O–H groups in total. The fraction of sp³-hybridized carbons (Fsp3) is 0.0769. The van der Waals surface area contributed by atoms with Gasteiger partial charge in [-0.3, -0.25) is 9.78 Å². The maximum absolute atomic E-state index is 12.3. The van der Waals surface area contributed by atoms with Crippen molar-refractivity contribution in [3.63, 3.8) is 0 Å². The number of aryl methyl sites for hydroxylation is 1. The first-order valence-corrected chi connectivity index (χ1v) is 8.13. The lowest BCUT2D eigenvalue weighted by Gasteiger charge is -2.09. The first-order valence-electron chi connectivity index (χ1n) is 6.65. The fourth-order valence-electron chi connectivity index (χ4n) is 2.15. The van der Waals surface area contributed by atoms with Crippen molar-refractivity contribution in [2.75, 3.05) is 5.73 Å². The van der Waals surface area contributed by atoms with Crippen molar-refractivity contribution in [1.82, 2.24) is 24.2 Å². The number of carbonyl (C=O) groups is 1. The zero-order valence-electron chi connectivity index (χ0n) is 12.3. The summed E-state index contributed by atoms with van der Waals surface area (Å²) in [7, 11) is -4.10. The number of hydrogen-bond acceptors (Lipinski definition) is 7. The van der Waals surface area contributed by atoms with Crippen molar-refractivity contribution in [2.45, 2.75) is 11.8 Å². The van der Waals surface area contributed by atoms with Gasteiger partial charge in [-0.25, -0.2) is 27.5 Å². The van der Waals surface area contributed by atoms with E-state index in [1.54, 1.807) is 25.1 Å². The van der Waals surface area contributed by atoms with Gasteiger partial charge < -0.3 is 5.73 Å². The number of sulfonamides is 1. The summed E-state index contributed by atoms with van der Waals surface area (Å²) >= 11 is 0. The number of nitrogens with zero attached hydrogens (tertiary/aromatic N) is 3. The molecule has 10 nitrogen and oxygen atoms in total. The number of nitrogens with one attached hydrogen (secondary N) is 2. The zero-order valence-corrected chi connectivity index (χ0v) is 13.2. The molecule has 0 radical (unpaired) electrons. The first-order chi connectivity index (χ1) is 11.3. The summed E-state index contributed by atoms with van der Waals surface area (Å²) in [4.78, 5) is 33.7. The molecule has 0 fully saturated rings. The number of rotatable bonds is 2. The Morgan fingerprint density at radius 3 is 2.75 bits per heavy atom. The lowest BCUT2D eigenvalue weighted by Crippen LogP contribution is -2.34. The van der Waals surface area contributed by atoms with Gasteiger partial charge in [0.25, 0.3) is 15.6 Å². The number of benzene rings is 1. The lowest BCUT2D eigenvalue weighted by molar-refractivity contribution is 0.248. The van der Waals surface area contributed by atoms with Crippen molar-refractivity contribution in [3.05, 3.63) is 46.5 Å². The number of aromatic amines is 1. The van der Waals surface area contributed by atoms with Gasteiger partial charge in [0.2, 0.25) is 5.95 Å². The van der Waals surface area contributed by atoms with Crippen LogP contribution in [0.1, 0.15) is 5.56 Å². The van der Waals surface area contributed by atoms with Crippen LogP contribution < -0.4 is 16.0 Å². The maximum Gasteiger partial charge on any atom is 0.342 e. The number of H-pyrrole nitrogens is 1. The fourth-order valence-corrected chi connectivity index (χ4v) is 3.34. The van der Waals surface area contributed by atoms with Crippen molar-refractivity contribution in [1.29, 1.82) is 0 Å². The molecule has 0 saturated heterocycles. The number of anilines is 1. The number of nitrogens with two attached hydrogens (primary N) is 1. The van der Waals surface area contributed by atoms with Crippen LogP contribution in [0.3, 0.4) is 0 Å². The van der Waals surface area contributed by atoms with Gasteiger partial charge >= 0.3 is 6.03 Å². The zero-order chi connectivity index (χ0) is 17.5. The predicted octanol–water partition coefficient (Wildman–Crippen LogP) is -0.0432. The Labute approximate surface area is 135 Å². The van der Waals surface area contributed by atoms with E-state index < -0.39 is 21.6 Å². The van der Waals surface area contributed by atoms with E-state index in [0.29, 0.717) is 5.56 Å². The molecule has 1 aromatic carbocycles. The molecule has 0 aliphatic heterocycles. The third-order valence-corrected chi connectivity index (χ3v) is 4.73. The van der Waals surface area contributed by atoms with Gasteiger partial charge in [-0.05, 0) is 18.6 Å². The Morgan fingerprint density at radius 2 is 2.04 bits per heavy atom. The Morgan fingerprint density at radius 1 is 1.33 bits per heavy atom. The van der Waals surface area contributed by atoms with E-state index in [-0.39, 0.29) is 22.0 Å². The highest BCUT2D eigenvalue weighted by Gasteiger charge is 2.22. The lowest BCUT2D eigenvalue weighted by atomic mass is 10.2. The Balaban J connectivity index is 2.02. The Kier molecular flexibility index (Phi) is 3.56. The van der Waals surface area contributed by atoms with Crippen LogP contribution in [0.4, 0.5) is 10.7 Å². The minimum atomic E-state index is -4.10. The van der Waals surface area contributed by atoms with Crippen LogP contribution in [0.5, 0.6) is 0 Å². The average molecular weight is 348 g/mol. The second-order valence-corrected chi connectivity index (χ2v) is 6.56. The van der Waals surface area contributed by atoms with Gasteiger partial charge in [-0.2, -0.15) is 4.98 Å². The molecule has 124 valence electrons. The van der Waals surface area contributed by atoms with E-state index in [0.717, 1.165) is 10.9 Å². The predicted molar refractivity (Wildman–Crippen MR) is 84.9 cm³/mol. The van der Waals surface area contributed by atoms with E-state index in [4.69, 9.17) is 5.73 Å². The molecule has 2 heterocycles. The molecule has 3 rings (SSSR count). The summed E-state index contributed by atoms with van der Waals surface area (Å²) in [5, 5.41) is 0. The van der Waals surface area contributed by atoms with Gasteiger partial charge in [-0.1, -0.05) is 18.2 Å². The number of hydrogen-bond donors (Lipinski definition) is 3.